The number of amides is 1. The fourth-order valence-corrected chi connectivity index (χ4v) is 4.35. The van der Waals surface area contributed by atoms with Crippen LogP contribution in [0.25, 0.3) is 16.7 Å². The molecular weight excluding hydrogens is 411 g/mol. The molecule has 8 heteroatoms. The van der Waals surface area contributed by atoms with Crippen LogP contribution in [-0.2, 0) is 0 Å². The van der Waals surface area contributed by atoms with Gasteiger partial charge in [-0.1, -0.05) is 20.8 Å². The number of nitrogens with zero attached hydrogens (tertiary/aromatic N) is 4. The van der Waals surface area contributed by atoms with Gasteiger partial charge in [-0.05, 0) is 35.7 Å². The number of benzene rings is 1. The van der Waals surface area contributed by atoms with E-state index in [2.05, 4.69) is 4.98 Å². The van der Waals surface area contributed by atoms with E-state index in [0.717, 1.165) is 0 Å². The number of hydrogen-bond donors (Lipinski definition) is 1. The van der Waals surface area contributed by atoms with Crippen LogP contribution in [0.1, 0.15) is 39.2 Å². The Balaban J connectivity index is 1.52. The monoisotopic (exact) mass is 436 g/mol. The number of likely N-dealkylation sites (tertiary alicyclic amines) is 1. The molecule has 1 fully saturated rings. The fourth-order valence-electron chi connectivity index (χ4n) is 4.35. The molecule has 32 heavy (non-hydrogen) atoms. The van der Waals surface area contributed by atoms with Crippen LogP contribution in [0.2, 0.25) is 0 Å². The van der Waals surface area contributed by atoms with E-state index in [-0.39, 0.29) is 23.1 Å². The lowest BCUT2D eigenvalue weighted by molar-refractivity contribution is 0.0129. The Morgan fingerprint density at radius 2 is 2.09 bits per heavy atom. The molecular formula is C24H25FN4O3. The number of carbonyl (C=O) groups is 1. The molecule has 3 aromatic rings. The predicted molar refractivity (Wildman–Crippen MR) is 117 cm³/mol. The van der Waals surface area contributed by atoms with Gasteiger partial charge in [-0.2, -0.15) is 5.26 Å². The van der Waals surface area contributed by atoms with Gasteiger partial charge in [0.1, 0.15) is 23.5 Å². The van der Waals surface area contributed by atoms with Crippen molar-refractivity contribution in [3.05, 3.63) is 54.1 Å². The molecule has 2 atom stereocenters. The maximum Gasteiger partial charge on any atom is 0.407 e. The van der Waals surface area contributed by atoms with Gasteiger partial charge < -0.3 is 14.7 Å². The van der Waals surface area contributed by atoms with E-state index in [1.807, 2.05) is 26.8 Å². The predicted octanol–water partition coefficient (Wildman–Crippen LogP) is 4.97. The number of aromatic nitrogens is 2. The Labute approximate surface area is 185 Å². The molecule has 1 saturated heterocycles. The van der Waals surface area contributed by atoms with Gasteiger partial charge in [0.2, 0.25) is 0 Å². The molecule has 1 aliphatic heterocycles. The lowest BCUT2D eigenvalue weighted by Crippen LogP contribution is -2.53. The van der Waals surface area contributed by atoms with Crippen molar-refractivity contribution in [3.8, 4) is 17.6 Å². The van der Waals surface area contributed by atoms with Crippen LogP contribution in [0.3, 0.4) is 0 Å². The summed E-state index contributed by atoms with van der Waals surface area (Å²) in [6, 6.07) is 9.95. The minimum atomic E-state index is -0.900. The Bertz CT molecular complexity index is 1190. The first-order chi connectivity index (χ1) is 15.2. The molecule has 2 unspecified atom stereocenters. The molecule has 0 aliphatic carbocycles. The van der Waals surface area contributed by atoms with E-state index < -0.39 is 11.9 Å². The lowest BCUT2D eigenvalue weighted by atomic mass is 9.80. The standard InChI is InChI=1S/C24H25FN4O3/c1-24(2,3)20-12-17(7-9-28(20)23(30)31)32-18-4-5-21(27-14-18)29-8-6-16-10-15(13-26)11-19(25)22(16)29/h4-6,8,10-11,14,17,20H,7,9,12H2,1-3H3,(H,30,31). The number of ether oxygens (including phenoxy) is 1. The topological polar surface area (TPSA) is 91.4 Å². The highest BCUT2D eigenvalue weighted by atomic mass is 19.1. The molecule has 4 rings (SSSR count). The molecule has 1 aromatic carbocycles. The fraction of sp³-hybridized carbons (Fsp3) is 0.375. The Morgan fingerprint density at radius 1 is 1.31 bits per heavy atom. The lowest BCUT2D eigenvalue weighted by Gasteiger charge is -2.44. The largest absolute Gasteiger partial charge is 0.489 e. The zero-order valence-electron chi connectivity index (χ0n) is 18.2. The number of halogens is 1. The minimum Gasteiger partial charge on any atom is -0.489 e. The van der Waals surface area contributed by atoms with Gasteiger partial charge in [-0.25, -0.2) is 14.2 Å². The second-order valence-corrected chi connectivity index (χ2v) is 9.17. The molecule has 166 valence electrons. The van der Waals surface area contributed by atoms with Gasteiger partial charge in [-0.15, -0.1) is 0 Å². The molecule has 0 radical (unpaired) electrons. The first kappa shape index (κ1) is 21.6. The van der Waals surface area contributed by atoms with Crippen molar-refractivity contribution in [2.75, 3.05) is 6.54 Å². The first-order valence-electron chi connectivity index (χ1n) is 10.5. The summed E-state index contributed by atoms with van der Waals surface area (Å²) in [7, 11) is 0. The summed E-state index contributed by atoms with van der Waals surface area (Å²) < 4.78 is 22.3. The van der Waals surface area contributed by atoms with Crippen molar-refractivity contribution >= 4 is 17.0 Å². The maximum atomic E-state index is 14.6. The van der Waals surface area contributed by atoms with Crippen molar-refractivity contribution in [2.45, 2.75) is 45.8 Å². The first-order valence-corrected chi connectivity index (χ1v) is 10.5. The van der Waals surface area contributed by atoms with Crippen LogP contribution in [0, 0.1) is 22.6 Å². The summed E-state index contributed by atoms with van der Waals surface area (Å²) in [5, 5.41) is 19.2. The van der Waals surface area contributed by atoms with E-state index in [9.17, 15) is 14.3 Å². The summed E-state index contributed by atoms with van der Waals surface area (Å²) in [6.07, 6.45) is 3.51. The van der Waals surface area contributed by atoms with E-state index in [0.29, 0.717) is 41.9 Å². The Kier molecular flexibility index (Phi) is 5.51. The van der Waals surface area contributed by atoms with Crippen molar-refractivity contribution in [1.29, 1.82) is 5.26 Å². The van der Waals surface area contributed by atoms with Crippen molar-refractivity contribution < 1.29 is 19.0 Å². The Hall–Kier alpha value is -3.60. The molecule has 0 spiro atoms. The number of pyridine rings is 1. The number of hydrogen-bond acceptors (Lipinski definition) is 4. The summed E-state index contributed by atoms with van der Waals surface area (Å²) >= 11 is 0. The van der Waals surface area contributed by atoms with Gasteiger partial charge in [0.15, 0.2) is 0 Å². The SMILES string of the molecule is CC(C)(C)C1CC(Oc2ccc(-n3ccc4cc(C#N)cc(F)c43)nc2)CCN1C(=O)O. The highest BCUT2D eigenvalue weighted by Gasteiger charge is 2.39. The number of carboxylic acid groups (broad SMARTS) is 1. The van der Waals surface area contributed by atoms with Crippen molar-refractivity contribution in [1.82, 2.24) is 14.5 Å². The molecule has 1 aliphatic rings. The average molecular weight is 436 g/mol. The van der Waals surface area contributed by atoms with Crippen LogP contribution in [0.15, 0.2) is 42.7 Å². The van der Waals surface area contributed by atoms with Crippen LogP contribution >= 0.6 is 0 Å². The number of rotatable bonds is 3. The minimum absolute atomic E-state index is 0.114. The zero-order chi connectivity index (χ0) is 23.0. The van der Waals surface area contributed by atoms with Crippen molar-refractivity contribution in [3.63, 3.8) is 0 Å². The van der Waals surface area contributed by atoms with Crippen LogP contribution < -0.4 is 4.74 Å². The molecule has 0 bridgehead atoms. The number of piperidine rings is 1. The van der Waals surface area contributed by atoms with E-state index in [1.54, 1.807) is 41.2 Å². The second-order valence-electron chi connectivity index (χ2n) is 9.17. The van der Waals surface area contributed by atoms with Gasteiger partial charge >= 0.3 is 6.09 Å². The molecule has 3 heterocycles. The van der Waals surface area contributed by atoms with Gasteiger partial charge in [0.05, 0.1) is 23.3 Å². The third-order valence-corrected chi connectivity index (χ3v) is 5.94. The van der Waals surface area contributed by atoms with Crippen LogP contribution in [-0.4, -0.2) is 44.3 Å². The van der Waals surface area contributed by atoms with E-state index >= 15 is 0 Å². The number of nitriles is 1. The quantitative estimate of drug-likeness (QED) is 0.626. The summed E-state index contributed by atoms with van der Waals surface area (Å²) in [6.45, 7) is 6.53. The highest BCUT2D eigenvalue weighted by molar-refractivity contribution is 5.83. The summed E-state index contributed by atoms with van der Waals surface area (Å²) in [5.74, 6) is 0.632. The third-order valence-electron chi connectivity index (χ3n) is 5.94. The van der Waals surface area contributed by atoms with Gasteiger partial charge in [0.25, 0.3) is 0 Å². The molecule has 0 saturated carbocycles. The zero-order valence-corrected chi connectivity index (χ0v) is 18.2. The second kappa shape index (κ2) is 8.15. The maximum absolute atomic E-state index is 14.6. The van der Waals surface area contributed by atoms with Crippen molar-refractivity contribution in [2.24, 2.45) is 5.41 Å². The van der Waals surface area contributed by atoms with E-state index in [1.165, 1.54) is 11.0 Å². The third kappa shape index (κ3) is 4.11. The smallest absolute Gasteiger partial charge is 0.407 e. The normalized spacial score (nSPS) is 19.0. The Morgan fingerprint density at radius 3 is 2.72 bits per heavy atom. The van der Waals surface area contributed by atoms with Gasteiger partial charge in [0, 0.05) is 37.0 Å². The molecule has 1 N–H and O–H groups in total. The van der Waals surface area contributed by atoms with E-state index in [4.69, 9.17) is 10.00 Å². The van der Waals surface area contributed by atoms with Gasteiger partial charge in [-0.3, -0.25) is 4.57 Å². The summed E-state index contributed by atoms with van der Waals surface area (Å²) in [4.78, 5) is 17.5. The highest BCUT2D eigenvalue weighted by Crippen LogP contribution is 2.34. The molecule has 1 amide bonds. The van der Waals surface area contributed by atoms with Crippen LogP contribution in [0.4, 0.5) is 9.18 Å². The molecule has 2 aromatic heterocycles. The van der Waals surface area contributed by atoms with Crippen LogP contribution in [0.5, 0.6) is 5.75 Å². The average Bonchev–Trinajstić information content (AvgIpc) is 3.18. The molecule has 7 nitrogen and oxygen atoms in total. The summed E-state index contributed by atoms with van der Waals surface area (Å²) in [5.41, 5.74) is 0.430. The number of fused-ring (bicyclic) bond motifs is 1.